The van der Waals surface area contributed by atoms with E-state index in [1.807, 2.05) is 0 Å². The Morgan fingerprint density at radius 3 is 2.28 bits per heavy atom. The van der Waals surface area contributed by atoms with E-state index in [0.717, 1.165) is 19.0 Å². The Hall–Kier alpha value is -0.820. The molecule has 1 heteroatoms. The maximum absolute atomic E-state index is 3.62. The van der Waals surface area contributed by atoms with Gasteiger partial charge in [0.1, 0.15) is 0 Å². The third-order valence-corrected chi connectivity index (χ3v) is 3.59. The Balaban J connectivity index is 2.35. The van der Waals surface area contributed by atoms with Crippen LogP contribution in [0.1, 0.15) is 56.2 Å². The van der Waals surface area contributed by atoms with E-state index >= 15 is 0 Å². The van der Waals surface area contributed by atoms with Crippen molar-refractivity contribution < 1.29 is 0 Å². The van der Waals surface area contributed by atoms with E-state index in [4.69, 9.17) is 0 Å². The first kappa shape index (κ1) is 15.2. The second kappa shape index (κ2) is 8.31. The third-order valence-electron chi connectivity index (χ3n) is 3.59. The second-order valence-corrected chi connectivity index (χ2v) is 5.54. The zero-order valence-corrected chi connectivity index (χ0v) is 12.6. The lowest BCUT2D eigenvalue weighted by atomic mass is 9.99. The van der Waals surface area contributed by atoms with Crippen molar-refractivity contribution in [3.8, 4) is 0 Å². The summed E-state index contributed by atoms with van der Waals surface area (Å²) in [5.41, 5.74) is 4.15. The maximum Gasteiger partial charge on any atom is 0.0205 e. The highest BCUT2D eigenvalue weighted by molar-refractivity contribution is 5.28. The van der Waals surface area contributed by atoms with Gasteiger partial charge in [0.2, 0.25) is 0 Å². The van der Waals surface area contributed by atoms with Crippen LogP contribution >= 0.6 is 0 Å². The first-order valence-corrected chi connectivity index (χ1v) is 7.43. The molecule has 1 N–H and O–H groups in total. The van der Waals surface area contributed by atoms with E-state index in [1.165, 1.54) is 42.4 Å². The Morgan fingerprint density at radius 2 is 1.72 bits per heavy atom. The van der Waals surface area contributed by atoms with Crippen molar-refractivity contribution in [1.82, 2.24) is 5.32 Å². The minimum absolute atomic E-state index is 0.843. The minimum atomic E-state index is 0.843. The molecule has 102 valence electrons. The Kier molecular flexibility index (Phi) is 7.04. The highest BCUT2D eigenvalue weighted by atomic mass is 14.9. The van der Waals surface area contributed by atoms with Gasteiger partial charge >= 0.3 is 0 Å². The van der Waals surface area contributed by atoms with Crippen LogP contribution in [0.25, 0.3) is 0 Å². The monoisotopic (exact) mass is 247 g/mol. The third kappa shape index (κ3) is 5.68. The lowest BCUT2D eigenvalue weighted by Gasteiger charge is -2.15. The fourth-order valence-corrected chi connectivity index (χ4v) is 2.53. The highest BCUT2D eigenvalue weighted by Crippen LogP contribution is 2.12. The number of unbranched alkanes of at least 4 members (excludes halogenated alkanes) is 1. The van der Waals surface area contributed by atoms with E-state index in [-0.39, 0.29) is 0 Å². The first-order valence-electron chi connectivity index (χ1n) is 7.43. The predicted molar refractivity (Wildman–Crippen MR) is 80.9 cm³/mol. The van der Waals surface area contributed by atoms with Crippen LogP contribution in [0.3, 0.4) is 0 Å². The molecule has 0 aliphatic carbocycles. The molecule has 0 aliphatic rings. The summed E-state index contributed by atoms with van der Waals surface area (Å²) in [7, 11) is 0. The average Bonchev–Trinajstić information content (AvgIpc) is 2.32. The number of hydrogen-bond donors (Lipinski definition) is 1. The Bertz CT molecular complexity index is 323. The number of rotatable bonds is 8. The summed E-state index contributed by atoms with van der Waals surface area (Å²) in [4.78, 5) is 0. The molecule has 0 spiro atoms. The summed E-state index contributed by atoms with van der Waals surface area (Å²) in [6.07, 6.45) is 5.34. The quantitative estimate of drug-likeness (QED) is 0.707. The second-order valence-electron chi connectivity index (χ2n) is 5.54. The van der Waals surface area contributed by atoms with E-state index in [9.17, 15) is 0 Å². The van der Waals surface area contributed by atoms with Crippen molar-refractivity contribution in [3.63, 3.8) is 0 Å². The van der Waals surface area contributed by atoms with Gasteiger partial charge in [-0.3, -0.25) is 0 Å². The van der Waals surface area contributed by atoms with Gasteiger partial charge < -0.3 is 5.32 Å². The van der Waals surface area contributed by atoms with Crippen LogP contribution in [0.2, 0.25) is 0 Å². The maximum atomic E-state index is 3.62. The average molecular weight is 247 g/mol. The summed E-state index contributed by atoms with van der Waals surface area (Å²) >= 11 is 0. The van der Waals surface area contributed by atoms with Gasteiger partial charge in [0, 0.05) is 6.54 Å². The smallest absolute Gasteiger partial charge is 0.0205 e. The Morgan fingerprint density at radius 1 is 1.06 bits per heavy atom. The van der Waals surface area contributed by atoms with Crippen molar-refractivity contribution in [1.29, 1.82) is 0 Å². The molecule has 1 aromatic rings. The molecule has 0 radical (unpaired) electrons. The summed E-state index contributed by atoms with van der Waals surface area (Å²) in [6.45, 7) is 11.1. The van der Waals surface area contributed by atoms with Gasteiger partial charge in [-0.1, -0.05) is 62.4 Å². The summed E-state index contributed by atoms with van der Waals surface area (Å²) in [5.74, 6) is 0.843. The van der Waals surface area contributed by atoms with Gasteiger partial charge in [-0.15, -0.1) is 0 Å². The Labute approximate surface area is 113 Å². The molecule has 0 aromatic heterocycles. The van der Waals surface area contributed by atoms with Gasteiger partial charge in [-0.25, -0.2) is 0 Å². The number of hydrogen-bond acceptors (Lipinski definition) is 1. The van der Waals surface area contributed by atoms with Gasteiger partial charge in [-0.2, -0.15) is 0 Å². The van der Waals surface area contributed by atoms with E-state index in [2.05, 4.69) is 51.2 Å². The summed E-state index contributed by atoms with van der Waals surface area (Å²) in [5, 5.41) is 3.62. The van der Waals surface area contributed by atoms with Crippen molar-refractivity contribution in [2.24, 2.45) is 5.92 Å². The highest BCUT2D eigenvalue weighted by Gasteiger charge is 2.05. The van der Waals surface area contributed by atoms with Crippen LogP contribution in [-0.4, -0.2) is 6.54 Å². The van der Waals surface area contributed by atoms with Crippen molar-refractivity contribution in [2.75, 3.05) is 6.54 Å². The molecule has 1 nitrogen and oxygen atoms in total. The molecule has 0 saturated carbocycles. The first-order chi connectivity index (χ1) is 8.65. The molecule has 1 unspecified atom stereocenters. The van der Waals surface area contributed by atoms with Crippen LogP contribution in [0.4, 0.5) is 0 Å². The zero-order chi connectivity index (χ0) is 13.4. The fourth-order valence-electron chi connectivity index (χ4n) is 2.53. The normalized spacial score (nSPS) is 12.7. The fraction of sp³-hybridized carbons (Fsp3) is 0.647. The predicted octanol–water partition coefficient (Wildman–Crippen LogP) is 4.61. The molecule has 0 fully saturated rings. The van der Waals surface area contributed by atoms with E-state index in [1.54, 1.807) is 0 Å². The van der Waals surface area contributed by atoms with Crippen LogP contribution < -0.4 is 5.32 Å². The number of benzene rings is 1. The van der Waals surface area contributed by atoms with E-state index < -0.39 is 0 Å². The van der Waals surface area contributed by atoms with Crippen molar-refractivity contribution in [3.05, 3.63) is 34.9 Å². The lowest BCUT2D eigenvalue weighted by Crippen LogP contribution is -2.22. The molecular weight excluding hydrogens is 218 g/mol. The lowest BCUT2D eigenvalue weighted by molar-refractivity contribution is 0.419. The van der Waals surface area contributed by atoms with Crippen molar-refractivity contribution >= 4 is 0 Å². The molecule has 0 bridgehead atoms. The molecule has 1 rings (SSSR count). The minimum Gasteiger partial charge on any atom is -0.312 e. The molecular formula is C17H29N. The van der Waals surface area contributed by atoms with Crippen LogP contribution in [-0.2, 0) is 6.54 Å². The molecule has 1 atom stereocenters. The van der Waals surface area contributed by atoms with Gasteiger partial charge in [0.05, 0.1) is 0 Å². The van der Waals surface area contributed by atoms with E-state index in [0.29, 0.717) is 0 Å². The van der Waals surface area contributed by atoms with Gasteiger partial charge in [0.25, 0.3) is 0 Å². The standard InChI is InChI=1S/C17H29N/c1-5-7-8-16(6-2)12-18-13-17-10-14(3)9-15(4)11-17/h9-11,16,18H,5-8,12-13H2,1-4H3. The van der Waals surface area contributed by atoms with Crippen molar-refractivity contribution in [2.45, 2.75) is 59.9 Å². The molecule has 0 heterocycles. The summed E-state index contributed by atoms with van der Waals surface area (Å²) < 4.78 is 0. The molecule has 0 aliphatic heterocycles. The SMILES string of the molecule is CCCCC(CC)CNCc1cc(C)cc(C)c1. The molecule has 18 heavy (non-hydrogen) atoms. The van der Waals surface area contributed by atoms with Crippen LogP contribution in [0.5, 0.6) is 0 Å². The van der Waals surface area contributed by atoms with Crippen LogP contribution in [0.15, 0.2) is 18.2 Å². The summed E-state index contributed by atoms with van der Waals surface area (Å²) in [6, 6.07) is 6.81. The van der Waals surface area contributed by atoms with Gasteiger partial charge in [0.15, 0.2) is 0 Å². The van der Waals surface area contributed by atoms with Gasteiger partial charge in [-0.05, 0) is 38.3 Å². The molecule has 1 aromatic carbocycles. The molecule has 0 saturated heterocycles. The zero-order valence-electron chi connectivity index (χ0n) is 12.6. The number of aryl methyl sites for hydroxylation is 2. The van der Waals surface area contributed by atoms with Crippen LogP contribution in [0, 0.1) is 19.8 Å². The number of nitrogens with one attached hydrogen (secondary N) is 1. The topological polar surface area (TPSA) is 12.0 Å². The molecule has 0 amide bonds. The largest absolute Gasteiger partial charge is 0.312 e.